The predicted molar refractivity (Wildman–Crippen MR) is 116 cm³/mol. The highest BCUT2D eigenvalue weighted by molar-refractivity contribution is 5.80. The highest BCUT2D eigenvalue weighted by atomic mass is 16.5. The van der Waals surface area contributed by atoms with Crippen LogP contribution < -0.4 is 15.4 Å². The van der Waals surface area contributed by atoms with Crippen LogP contribution in [0.25, 0.3) is 0 Å². The molecule has 6 heteroatoms. The minimum Gasteiger partial charge on any atom is -0.487 e. The molecule has 2 atom stereocenters. The average Bonchev–Trinajstić information content (AvgIpc) is 2.66. The third kappa shape index (κ3) is 5.61. The third-order valence-corrected chi connectivity index (χ3v) is 5.69. The van der Waals surface area contributed by atoms with Gasteiger partial charge in [-0.1, -0.05) is 25.1 Å². The molecule has 0 radical (unpaired) electrons. The maximum atomic E-state index is 6.15. The fourth-order valence-corrected chi connectivity index (χ4v) is 4.10. The molecule has 1 aromatic carbocycles. The first-order valence-electron chi connectivity index (χ1n) is 10.5. The zero-order valence-corrected chi connectivity index (χ0v) is 18.2. The Morgan fingerprint density at radius 2 is 1.96 bits per heavy atom. The molecule has 0 aromatic heterocycles. The van der Waals surface area contributed by atoms with E-state index in [1.807, 2.05) is 13.1 Å². The van der Waals surface area contributed by atoms with Gasteiger partial charge in [0.2, 0.25) is 0 Å². The summed E-state index contributed by atoms with van der Waals surface area (Å²) in [6.45, 7) is 13.3. The fourth-order valence-electron chi connectivity index (χ4n) is 4.10. The second kappa shape index (κ2) is 9.14. The van der Waals surface area contributed by atoms with Gasteiger partial charge in [-0.05, 0) is 32.9 Å². The lowest BCUT2D eigenvalue weighted by Gasteiger charge is -2.38. The van der Waals surface area contributed by atoms with Gasteiger partial charge in [0.25, 0.3) is 0 Å². The molecule has 0 bridgehead atoms. The van der Waals surface area contributed by atoms with Crippen LogP contribution in [0.3, 0.4) is 0 Å². The summed E-state index contributed by atoms with van der Waals surface area (Å²) in [4.78, 5) is 9.44. The van der Waals surface area contributed by atoms with E-state index in [2.05, 4.69) is 71.4 Å². The maximum Gasteiger partial charge on any atom is 0.191 e. The Bertz CT molecular complexity index is 667. The van der Waals surface area contributed by atoms with Crippen molar-refractivity contribution in [3.63, 3.8) is 0 Å². The summed E-state index contributed by atoms with van der Waals surface area (Å²) in [5.74, 6) is 2.40. The summed E-state index contributed by atoms with van der Waals surface area (Å²) >= 11 is 0. The normalized spacial score (nSPS) is 24.2. The number of hydrogen-bond acceptors (Lipinski definition) is 4. The van der Waals surface area contributed by atoms with Crippen LogP contribution in [-0.4, -0.2) is 74.7 Å². The van der Waals surface area contributed by atoms with Crippen LogP contribution >= 0.6 is 0 Å². The summed E-state index contributed by atoms with van der Waals surface area (Å²) in [7, 11) is 4.05. The van der Waals surface area contributed by atoms with Crippen molar-refractivity contribution in [2.75, 3.05) is 53.4 Å². The second-order valence-electron chi connectivity index (χ2n) is 8.96. The summed E-state index contributed by atoms with van der Waals surface area (Å²) in [6.07, 6.45) is 0.904. The lowest BCUT2D eigenvalue weighted by atomic mass is 9.90. The van der Waals surface area contributed by atoms with Crippen molar-refractivity contribution in [1.29, 1.82) is 0 Å². The van der Waals surface area contributed by atoms with Gasteiger partial charge in [-0.25, -0.2) is 0 Å². The van der Waals surface area contributed by atoms with E-state index in [1.54, 1.807) is 0 Å². The minimum atomic E-state index is -0.195. The van der Waals surface area contributed by atoms with E-state index in [1.165, 1.54) is 31.7 Å². The van der Waals surface area contributed by atoms with Crippen molar-refractivity contribution in [3.05, 3.63) is 29.8 Å². The Hall–Kier alpha value is -1.79. The molecule has 2 aliphatic rings. The second-order valence-corrected chi connectivity index (χ2v) is 8.96. The molecule has 2 N–H and O–H groups in total. The monoisotopic (exact) mass is 387 g/mol. The standard InChI is InChI=1S/C22H37N5O/c1-17(16-27-12-10-26(5)11-13-27)15-24-21(23-4)25-19-14-22(2,3)28-20-9-7-6-8-18(19)20/h6-9,17,19H,10-16H2,1-5H3,(H2,23,24,25). The predicted octanol–water partition coefficient (Wildman–Crippen LogP) is 2.34. The number of likely N-dealkylation sites (N-methyl/N-ethyl adjacent to an activating group) is 1. The van der Waals surface area contributed by atoms with E-state index in [9.17, 15) is 0 Å². The Labute approximate surface area is 170 Å². The molecule has 156 valence electrons. The van der Waals surface area contributed by atoms with Gasteiger partial charge in [0, 0.05) is 58.3 Å². The number of guanidine groups is 1. The Morgan fingerprint density at radius 3 is 2.68 bits per heavy atom. The van der Waals surface area contributed by atoms with Gasteiger partial charge in [0.05, 0.1) is 6.04 Å². The molecule has 2 heterocycles. The molecule has 0 saturated carbocycles. The lowest BCUT2D eigenvalue weighted by Crippen LogP contribution is -2.48. The number of para-hydroxylation sites is 1. The van der Waals surface area contributed by atoms with Gasteiger partial charge in [-0.15, -0.1) is 0 Å². The highest BCUT2D eigenvalue weighted by Gasteiger charge is 2.34. The van der Waals surface area contributed by atoms with Crippen LogP contribution in [0, 0.1) is 5.92 Å². The van der Waals surface area contributed by atoms with Gasteiger partial charge in [0.1, 0.15) is 11.4 Å². The zero-order valence-electron chi connectivity index (χ0n) is 18.2. The van der Waals surface area contributed by atoms with E-state index in [0.717, 1.165) is 31.2 Å². The molecule has 1 aromatic rings. The van der Waals surface area contributed by atoms with Crippen molar-refractivity contribution in [2.45, 2.75) is 38.8 Å². The number of fused-ring (bicyclic) bond motifs is 1. The molecule has 2 unspecified atom stereocenters. The lowest BCUT2D eigenvalue weighted by molar-refractivity contribution is 0.0694. The van der Waals surface area contributed by atoms with Crippen LogP contribution in [0.2, 0.25) is 0 Å². The van der Waals surface area contributed by atoms with Crippen LogP contribution in [0.5, 0.6) is 5.75 Å². The van der Waals surface area contributed by atoms with Crippen LogP contribution in [0.4, 0.5) is 0 Å². The topological polar surface area (TPSA) is 52.1 Å². The maximum absolute atomic E-state index is 6.15. The number of rotatable bonds is 5. The van der Waals surface area contributed by atoms with Gasteiger partial charge in [-0.2, -0.15) is 0 Å². The average molecular weight is 388 g/mol. The first kappa shape index (κ1) is 20.9. The van der Waals surface area contributed by atoms with Crippen LogP contribution in [0.1, 0.15) is 38.8 Å². The zero-order chi connectivity index (χ0) is 20.1. The van der Waals surface area contributed by atoms with E-state index < -0.39 is 0 Å². The number of nitrogens with zero attached hydrogens (tertiary/aromatic N) is 3. The molecule has 0 spiro atoms. The summed E-state index contributed by atoms with van der Waals surface area (Å²) in [6, 6.07) is 8.50. The quantitative estimate of drug-likeness (QED) is 0.600. The number of aliphatic imine (C=N–C) groups is 1. The molecule has 3 rings (SSSR count). The van der Waals surface area contributed by atoms with Crippen molar-refractivity contribution < 1.29 is 4.74 Å². The minimum absolute atomic E-state index is 0.194. The number of ether oxygens (including phenoxy) is 1. The molecule has 1 saturated heterocycles. The number of hydrogen-bond donors (Lipinski definition) is 2. The molecule has 28 heavy (non-hydrogen) atoms. The van der Waals surface area contributed by atoms with Gasteiger partial charge in [-0.3, -0.25) is 4.99 Å². The Balaban J connectivity index is 1.53. The van der Waals surface area contributed by atoms with Crippen molar-refractivity contribution in [3.8, 4) is 5.75 Å². The van der Waals surface area contributed by atoms with Crippen LogP contribution in [0.15, 0.2) is 29.3 Å². The van der Waals surface area contributed by atoms with E-state index in [-0.39, 0.29) is 11.6 Å². The number of nitrogens with one attached hydrogen (secondary N) is 2. The van der Waals surface area contributed by atoms with Gasteiger partial charge in [0.15, 0.2) is 5.96 Å². The summed E-state index contributed by atoms with van der Waals surface area (Å²) < 4.78 is 6.15. The molecule has 0 aliphatic carbocycles. The first-order valence-corrected chi connectivity index (χ1v) is 10.5. The molecule has 2 aliphatic heterocycles. The first-order chi connectivity index (χ1) is 13.4. The van der Waals surface area contributed by atoms with E-state index in [4.69, 9.17) is 4.74 Å². The number of benzene rings is 1. The summed E-state index contributed by atoms with van der Waals surface area (Å²) in [5.41, 5.74) is 1.01. The molecule has 6 nitrogen and oxygen atoms in total. The smallest absolute Gasteiger partial charge is 0.191 e. The SMILES string of the molecule is CN=C(NCC(C)CN1CCN(C)CC1)NC1CC(C)(C)Oc2ccccc21. The third-order valence-electron chi connectivity index (χ3n) is 5.69. The molecular formula is C22H37N5O. The highest BCUT2D eigenvalue weighted by Crippen LogP contribution is 2.39. The Kier molecular flexibility index (Phi) is 6.83. The van der Waals surface area contributed by atoms with Crippen LogP contribution in [-0.2, 0) is 0 Å². The van der Waals surface area contributed by atoms with Crippen molar-refractivity contribution in [2.24, 2.45) is 10.9 Å². The van der Waals surface area contributed by atoms with Crippen molar-refractivity contribution >= 4 is 5.96 Å². The molecular weight excluding hydrogens is 350 g/mol. The van der Waals surface area contributed by atoms with Gasteiger partial charge >= 0.3 is 0 Å². The molecule has 0 amide bonds. The summed E-state index contributed by atoms with van der Waals surface area (Å²) in [5, 5.41) is 7.15. The molecule has 1 fully saturated rings. The Morgan fingerprint density at radius 1 is 1.25 bits per heavy atom. The van der Waals surface area contributed by atoms with E-state index >= 15 is 0 Å². The van der Waals surface area contributed by atoms with Crippen molar-refractivity contribution in [1.82, 2.24) is 20.4 Å². The number of piperazine rings is 1. The van der Waals surface area contributed by atoms with Gasteiger partial charge < -0.3 is 25.2 Å². The fraction of sp³-hybridized carbons (Fsp3) is 0.682. The van der Waals surface area contributed by atoms with E-state index in [0.29, 0.717) is 5.92 Å². The largest absolute Gasteiger partial charge is 0.487 e.